The lowest BCUT2D eigenvalue weighted by molar-refractivity contribution is 0.375. The molecule has 0 aliphatic rings. The predicted molar refractivity (Wildman–Crippen MR) is 161 cm³/mol. The van der Waals surface area contributed by atoms with Crippen molar-refractivity contribution in [3.05, 3.63) is 46.3 Å². The van der Waals surface area contributed by atoms with Gasteiger partial charge in [0.15, 0.2) is 0 Å². The fraction of sp³-hybridized carbons (Fsp3) is 0.469. The molecule has 0 spiro atoms. The van der Waals surface area contributed by atoms with Crippen molar-refractivity contribution < 1.29 is 13.5 Å². The Kier molecular flexibility index (Phi) is 8.94. The second-order valence-corrected chi connectivity index (χ2v) is 12.4. The first-order valence-electron chi connectivity index (χ1n) is 14.0. The minimum absolute atomic E-state index is 0.0323. The molecule has 0 aliphatic heterocycles. The zero-order chi connectivity index (χ0) is 29.3. The first kappa shape index (κ1) is 29.7. The van der Waals surface area contributed by atoms with Crippen LogP contribution in [0.3, 0.4) is 0 Å². The number of thiophene rings is 1. The molecule has 0 bridgehead atoms. The molecule has 0 N–H and O–H groups in total. The van der Waals surface area contributed by atoms with Crippen LogP contribution < -0.4 is 9.64 Å². The molecule has 40 heavy (non-hydrogen) atoms. The number of ether oxygens (including phenoxy) is 1. The molecule has 2 heterocycles. The average molecular weight is 565 g/mol. The third-order valence-electron chi connectivity index (χ3n) is 7.49. The van der Waals surface area contributed by atoms with E-state index in [0.29, 0.717) is 56.3 Å². The molecule has 1 atom stereocenters. The second-order valence-electron chi connectivity index (χ2n) is 11.4. The average Bonchev–Trinajstić information content (AvgIpc) is 3.31. The van der Waals surface area contributed by atoms with E-state index in [1.54, 1.807) is 12.1 Å². The summed E-state index contributed by atoms with van der Waals surface area (Å²) in [6.45, 7) is 15.5. The number of anilines is 1. The Morgan fingerprint density at radius 2 is 1.73 bits per heavy atom. The van der Waals surface area contributed by atoms with E-state index in [1.807, 2.05) is 13.8 Å². The van der Waals surface area contributed by atoms with Crippen molar-refractivity contribution in [2.45, 2.75) is 73.3 Å². The Labute approximate surface area is 239 Å². The summed E-state index contributed by atoms with van der Waals surface area (Å²) in [6, 6.07) is 8.70. The van der Waals surface area contributed by atoms with E-state index in [9.17, 15) is 9.65 Å². The zero-order valence-electron chi connectivity index (χ0n) is 24.6. The second kappa shape index (κ2) is 12.1. The Bertz CT molecular complexity index is 1570. The van der Waals surface area contributed by atoms with E-state index < -0.39 is 11.6 Å². The van der Waals surface area contributed by atoms with E-state index >= 15 is 4.39 Å². The van der Waals surface area contributed by atoms with Crippen molar-refractivity contribution in [2.75, 3.05) is 18.6 Å². The summed E-state index contributed by atoms with van der Waals surface area (Å²) in [6.07, 6.45) is 2.05. The van der Waals surface area contributed by atoms with Crippen LogP contribution in [-0.4, -0.2) is 29.7 Å². The molecule has 0 aliphatic carbocycles. The Morgan fingerprint density at radius 3 is 2.30 bits per heavy atom. The minimum Gasteiger partial charge on any atom is -0.467 e. The third-order valence-corrected chi connectivity index (χ3v) is 8.99. The van der Waals surface area contributed by atoms with Crippen molar-refractivity contribution in [3.63, 3.8) is 0 Å². The molecule has 0 saturated carbocycles. The monoisotopic (exact) mass is 564 g/mol. The number of hydrogen-bond donors (Lipinski definition) is 0. The van der Waals surface area contributed by atoms with Crippen LogP contribution in [0.5, 0.6) is 6.01 Å². The van der Waals surface area contributed by atoms with Gasteiger partial charge in [-0.25, -0.2) is 8.78 Å². The maximum atomic E-state index is 16.1. The quantitative estimate of drug-likeness (QED) is 0.192. The highest BCUT2D eigenvalue weighted by molar-refractivity contribution is 7.19. The largest absolute Gasteiger partial charge is 0.467 e. The highest BCUT2D eigenvalue weighted by Crippen LogP contribution is 2.44. The lowest BCUT2D eigenvalue weighted by Crippen LogP contribution is -2.40. The van der Waals surface area contributed by atoms with Gasteiger partial charge in [0.1, 0.15) is 23.5 Å². The smallest absolute Gasteiger partial charge is 0.318 e. The number of methoxy groups -OCH3 is 1. The molecule has 0 fully saturated rings. The van der Waals surface area contributed by atoms with Crippen LogP contribution in [0.1, 0.15) is 77.7 Å². The van der Waals surface area contributed by atoms with Crippen LogP contribution in [0.15, 0.2) is 24.3 Å². The van der Waals surface area contributed by atoms with Crippen LogP contribution in [0.2, 0.25) is 0 Å². The number of nitrogens with zero attached hydrogens (tertiary/aromatic N) is 4. The van der Waals surface area contributed by atoms with Gasteiger partial charge in [-0.15, -0.1) is 11.3 Å². The number of rotatable bonds is 10. The Morgan fingerprint density at radius 1 is 1.00 bits per heavy atom. The summed E-state index contributed by atoms with van der Waals surface area (Å²) in [7, 11) is 1.52. The van der Waals surface area contributed by atoms with E-state index in [-0.39, 0.29) is 23.5 Å². The zero-order valence-corrected chi connectivity index (χ0v) is 25.4. The molecule has 4 rings (SSSR count). The van der Waals surface area contributed by atoms with Crippen molar-refractivity contribution in [1.29, 1.82) is 5.26 Å². The number of nitriles is 1. The van der Waals surface area contributed by atoms with E-state index in [1.165, 1.54) is 30.6 Å². The molecule has 1 unspecified atom stereocenters. The first-order chi connectivity index (χ1) is 19.0. The molecule has 0 radical (unpaired) electrons. The molecular formula is C32H38F2N4OS. The SMILES string of the molecule is CCN(c1nc(OC)nc2cc(-c3ccc(F)c4sc(C(C)C)c(C#N)c34)c(F)cc12)C(CCC(C)C)C(C)C. The number of hydrogen-bond acceptors (Lipinski definition) is 6. The fourth-order valence-electron chi connectivity index (χ4n) is 5.45. The van der Waals surface area contributed by atoms with Crippen molar-refractivity contribution in [2.24, 2.45) is 11.8 Å². The van der Waals surface area contributed by atoms with Gasteiger partial charge in [0.25, 0.3) is 0 Å². The molecule has 0 amide bonds. The number of halogens is 2. The summed E-state index contributed by atoms with van der Waals surface area (Å²) in [5.41, 5.74) is 1.65. The summed E-state index contributed by atoms with van der Waals surface area (Å²) >= 11 is 1.26. The van der Waals surface area contributed by atoms with Gasteiger partial charge in [0.2, 0.25) is 0 Å². The maximum Gasteiger partial charge on any atom is 0.318 e. The highest BCUT2D eigenvalue weighted by Gasteiger charge is 2.27. The summed E-state index contributed by atoms with van der Waals surface area (Å²) in [5, 5.41) is 11.1. The number of aromatic nitrogens is 2. The van der Waals surface area contributed by atoms with Crippen LogP contribution in [-0.2, 0) is 0 Å². The van der Waals surface area contributed by atoms with Crippen LogP contribution in [0, 0.1) is 34.8 Å². The first-order valence-corrected chi connectivity index (χ1v) is 14.8. The van der Waals surface area contributed by atoms with Gasteiger partial charge in [-0.3, -0.25) is 0 Å². The van der Waals surface area contributed by atoms with Crippen molar-refractivity contribution in [3.8, 4) is 23.2 Å². The topological polar surface area (TPSA) is 62.0 Å². The van der Waals surface area contributed by atoms with Crippen molar-refractivity contribution >= 4 is 38.1 Å². The molecule has 4 aromatic rings. The fourth-order valence-corrected chi connectivity index (χ4v) is 6.64. The van der Waals surface area contributed by atoms with E-state index in [0.717, 1.165) is 17.7 Å². The summed E-state index contributed by atoms with van der Waals surface area (Å²) < 4.78 is 36.9. The van der Waals surface area contributed by atoms with Crippen LogP contribution in [0.25, 0.3) is 32.1 Å². The van der Waals surface area contributed by atoms with Gasteiger partial charge in [0.05, 0.1) is 22.9 Å². The van der Waals surface area contributed by atoms with Gasteiger partial charge in [0, 0.05) is 33.8 Å². The molecule has 5 nitrogen and oxygen atoms in total. The van der Waals surface area contributed by atoms with Crippen LogP contribution >= 0.6 is 11.3 Å². The number of fused-ring (bicyclic) bond motifs is 2. The maximum absolute atomic E-state index is 16.1. The molecule has 8 heteroatoms. The Balaban J connectivity index is 1.98. The lowest BCUT2D eigenvalue weighted by atomic mass is 9.93. The normalized spacial score (nSPS) is 12.6. The highest BCUT2D eigenvalue weighted by atomic mass is 32.1. The summed E-state index contributed by atoms with van der Waals surface area (Å²) in [5.74, 6) is 0.692. The van der Waals surface area contributed by atoms with Crippen molar-refractivity contribution in [1.82, 2.24) is 9.97 Å². The molecule has 2 aromatic carbocycles. The van der Waals surface area contributed by atoms with Gasteiger partial charge in [-0.05, 0) is 61.3 Å². The van der Waals surface area contributed by atoms with E-state index in [2.05, 4.69) is 50.6 Å². The predicted octanol–water partition coefficient (Wildman–Crippen LogP) is 9.08. The van der Waals surface area contributed by atoms with E-state index in [4.69, 9.17) is 9.72 Å². The van der Waals surface area contributed by atoms with Gasteiger partial charge >= 0.3 is 6.01 Å². The third kappa shape index (κ3) is 5.49. The van der Waals surface area contributed by atoms with Gasteiger partial charge in [-0.2, -0.15) is 15.2 Å². The molecule has 0 saturated heterocycles. The van der Waals surface area contributed by atoms with Gasteiger partial charge < -0.3 is 9.64 Å². The number of benzene rings is 2. The standard InChI is InChI=1S/C32H38F2N4OS/c1-9-38(27(18(4)5)13-10-17(2)3)31-22-14-25(34)21(15-26(22)36-32(37-31)39-8)20-11-12-24(33)30-28(20)23(16-35)29(40-30)19(6)7/h11-12,14-15,17-19,27H,9-10,13H2,1-8H3. The lowest BCUT2D eigenvalue weighted by Gasteiger charge is -2.36. The molecular weight excluding hydrogens is 526 g/mol. The summed E-state index contributed by atoms with van der Waals surface area (Å²) in [4.78, 5) is 12.3. The minimum atomic E-state index is -0.476. The van der Waals surface area contributed by atoms with Gasteiger partial charge in [-0.1, -0.05) is 47.6 Å². The molecule has 2 aromatic heterocycles. The van der Waals surface area contributed by atoms with Crippen LogP contribution in [0.4, 0.5) is 14.6 Å². The molecule has 212 valence electrons. The Hall–Kier alpha value is -3.31.